The first kappa shape index (κ1) is 21.6. The fraction of sp³-hybridized carbons (Fsp3) is 0.423. The van der Waals surface area contributed by atoms with Gasteiger partial charge in [0.1, 0.15) is 13.2 Å². The van der Waals surface area contributed by atoms with Gasteiger partial charge in [-0.05, 0) is 61.1 Å². The molecule has 0 aliphatic carbocycles. The molecule has 7 nitrogen and oxygen atoms in total. The van der Waals surface area contributed by atoms with E-state index in [-0.39, 0.29) is 17.8 Å². The summed E-state index contributed by atoms with van der Waals surface area (Å²) in [5, 5.41) is 0. The highest BCUT2D eigenvalue weighted by molar-refractivity contribution is 5.94. The Morgan fingerprint density at radius 1 is 0.758 bits per heavy atom. The third kappa shape index (κ3) is 4.02. The summed E-state index contributed by atoms with van der Waals surface area (Å²) in [5.41, 5.74) is 7.91. The zero-order valence-corrected chi connectivity index (χ0v) is 19.1. The first-order chi connectivity index (χ1) is 15.9. The number of carbonyl (C=O) groups is 3. The summed E-state index contributed by atoms with van der Waals surface area (Å²) in [7, 11) is 0. The summed E-state index contributed by atoms with van der Waals surface area (Å²) in [6.45, 7) is 8.26. The lowest BCUT2D eigenvalue weighted by molar-refractivity contribution is -0.135. The van der Waals surface area contributed by atoms with Crippen LogP contribution in [-0.2, 0) is 40.3 Å². The van der Waals surface area contributed by atoms with Gasteiger partial charge in [0.2, 0.25) is 5.91 Å². The van der Waals surface area contributed by atoms with Crippen LogP contribution in [0.25, 0.3) is 0 Å². The molecular formula is C26H28N2O5. The maximum Gasteiger partial charge on any atom is 0.338 e. The molecular weight excluding hydrogens is 420 g/mol. The molecule has 1 saturated heterocycles. The second kappa shape index (κ2) is 8.63. The van der Waals surface area contributed by atoms with Crippen LogP contribution in [0.3, 0.4) is 0 Å². The van der Waals surface area contributed by atoms with Gasteiger partial charge in [0.15, 0.2) is 0 Å². The molecule has 2 aromatic rings. The molecule has 3 aliphatic rings. The van der Waals surface area contributed by atoms with E-state index in [9.17, 15) is 14.4 Å². The molecule has 5 rings (SSSR count). The molecule has 7 heteroatoms. The normalized spacial score (nSPS) is 17.8. The predicted octanol–water partition coefficient (Wildman–Crippen LogP) is 2.57. The van der Waals surface area contributed by atoms with E-state index >= 15 is 0 Å². The van der Waals surface area contributed by atoms with Gasteiger partial charge >= 0.3 is 11.9 Å². The minimum atomic E-state index is -0.247. The summed E-state index contributed by atoms with van der Waals surface area (Å²) < 4.78 is 10.3. The van der Waals surface area contributed by atoms with Gasteiger partial charge in [-0.1, -0.05) is 12.1 Å². The lowest BCUT2D eigenvalue weighted by Gasteiger charge is -2.34. The van der Waals surface area contributed by atoms with Crippen LogP contribution < -0.4 is 0 Å². The summed E-state index contributed by atoms with van der Waals surface area (Å²) in [6, 6.07) is 7.70. The largest absolute Gasteiger partial charge is 0.457 e. The van der Waals surface area contributed by atoms with Gasteiger partial charge in [-0.25, -0.2) is 9.59 Å². The fourth-order valence-electron chi connectivity index (χ4n) is 5.06. The number of ether oxygens (including phenoxy) is 2. The number of piperazine rings is 1. The van der Waals surface area contributed by atoms with Gasteiger partial charge in [0.05, 0.1) is 17.7 Å². The molecule has 33 heavy (non-hydrogen) atoms. The molecule has 0 aromatic heterocycles. The average Bonchev–Trinajstić information content (AvgIpc) is 3.37. The lowest BCUT2D eigenvalue weighted by atomic mass is 9.96. The van der Waals surface area contributed by atoms with E-state index in [1.165, 1.54) is 5.56 Å². The van der Waals surface area contributed by atoms with Crippen molar-refractivity contribution in [2.24, 2.45) is 0 Å². The Bertz CT molecular complexity index is 1160. The Morgan fingerprint density at radius 2 is 1.30 bits per heavy atom. The van der Waals surface area contributed by atoms with E-state index in [4.69, 9.17) is 9.47 Å². The van der Waals surface area contributed by atoms with Gasteiger partial charge in [-0.3, -0.25) is 9.69 Å². The van der Waals surface area contributed by atoms with Gasteiger partial charge in [0.25, 0.3) is 0 Å². The predicted molar refractivity (Wildman–Crippen MR) is 121 cm³/mol. The molecule has 2 aromatic carbocycles. The van der Waals surface area contributed by atoms with Gasteiger partial charge in [0, 0.05) is 37.3 Å². The van der Waals surface area contributed by atoms with E-state index < -0.39 is 0 Å². The maximum atomic E-state index is 12.8. The third-order valence-electron chi connectivity index (χ3n) is 7.30. The molecule has 0 radical (unpaired) electrons. The molecule has 0 saturated carbocycles. The van der Waals surface area contributed by atoms with Crippen LogP contribution in [0.15, 0.2) is 24.3 Å². The lowest BCUT2D eigenvalue weighted by Crippen LogP contribution is -2.51. The van der Waals surface area contributed by atoms with E-state index in [0.717, 1.165) is 60.3 Å². The molecule has 172 valence electrons. The summed E-state index contributed by atoms with van der Waals surface area (Å²) in [6.07, 6.45) is 1.61. The number of rotatable bonds is 6. The molecule has 3 aliphatic heterocycles. The number of fused-ring (bicyclic) bond motifs is 2. The zero-order chi connectivity index (χ0) is 23.1. The molecule has 1 amide bonds. The van der Waals surface area contributed by atoms with E-state index in [2.05, 4.69) is 4.90 Å². The van der Waals surface area contributed by atoms with Crippen LogP contribution >= 0.6 is 0 Å². The van der Waals surface area contributed by atoms with Crippen LogP contribution in [0.4, 0.5) is 0 Å². The summed E-state index contributed by atoms with van der Waals surface area (Å²) in [4.78, 5) is 40.4. The highest BCUT2D eigenvalue weighted by atomic mass is 16.5. The topological polar surface area (TPSA) is 76.2 Å². The third-order valence-corrected chi connectivity index (χ3v) is 7.30. The zero-order valence-electron chi connectivity index (χ0n) is 19.1. The van der Waals surface area contributed by atoms with E-state index in [0.29, 0.717) is 37.4 Å². The van der Waals surface area contributed by atoms with Gasteiger partial charge in [-0.2, -0.15) is 0 Å². The molecule has 3 heterocycles. The van der Waals surface area contributed by atoms with Crippen molar-refractivity contribution in [2.45, 2.75) is 39.9 Å². The van der Waals surface area contributed by atoms with Gasteiger partial charge < -0.3 is 14.4 Å². The van der Waals surface area contributed by atoms with Crippen molar-refractivity contribution in [2.75, 3.05) is 32.7 Å². The number of hydrogen-bond acceptors (Lipinski definition) is 6. The van der Waals surface area contributed by atoms with Crippen LogP contribution in [0.2, 0.25) is 0 Å². The van der Waals surface area contributed by atoms with E-state index in [1.54, 1.807) is 0 Å². The Morgan fingerprint density at radius 3 is 1.85 bits per heavy atom. The molecule has 0 bridgehead atoms. The van der Waals surface area contributed by atoms with Gasteiger partial charge in [-0.15, -0.1) is 0 Å². The minimum Gasteiger partial charge on any atom is -0.457 e. The first-order valence-electron chi connectivity index (χ1n) is 11.5. The fourth-order valence-corrected chi connectivity index (χ4v) is 5.06. The van der Waals surface area contributed by atoms with Crippen molar-refractivity contribution >= 4 is 17.8 Å². The smallest absolute Gasteiger partial charge is 0.338 e. The van der Waals surface area contributed by atoms with Crippen LogP contribution in [0, 0.1) is 13.8 Å². The quantitative estimate of drug-likeness (QED) is 0.633. The Hall–Kier alpha value is -3.19. The van der Waals surface area contributed by atoms with Crippen LogP contribution in [0.5, 0.6) is 0 Å². The Labute approximate surface area is 193 Å². The van der Waals surface area contributed by atoms with Crippen molar-refractivity contribution in [3.63, 3.8) is 0 Å². The number of amides is 1. The maximum absolute atomic E-state index is 12.8. The van der Waals surface area contributed by atoms with Crippen molar-refractivity contribution in [3.8, 4) is 0 Å². The number of nitrogens with zero attached hydrogens (tertiary/aromatic N) is 2. The molecule has 0 spiro atoms. The van der Waals surface area contributed by atoms with Crippen molar-refractivity contribution in [1.82, 2.24) is 9.80 Å². The summed E-state index contributed by atoms with van der Waals surface area (Å²) in [5.74, 6) is -0.329. The molecule has 1 fully saturated rings. The Kier molecular flexibility index (Phi) is 5.66. The summed E-state index contributed by atoms with van der Waals surface area (Å²) >= 11 is 0. The van der Waals surface area contributed by atoms with Crippen molar-refractivity contribution < 1.29 is 23.9 Å². The molecule has 0 atom stereocenters. The second-order valence-corrected chi connectivity index (χ2v) is 9.06. The SMILES string of the molecule is Cc1c(CCN2CCN(CCc3ccc4c(c3C)COC4=O)C(=O)C2)ccc2c1COC2=O. The standard InChI is InChI=1S/C26H28N2O5/c1-16-18(3-5-20-22(16)14-32-25(20)30)7-9-27-11-12-28(24(29)13-27)10-8-19-4-6-21-23(17(19)2)15-33-26(21)31/h3-6H,7-15H2,1-2H3. The molecule has 0 unspecified atom stereocenters. The Balaban J connectivity index is 1.14. The van der Waals surface area contributed by atoms with Crippen molar-refractivity contribution in [3.05, 3.63) is 68.8 Å². The molecule has 0 N–H and O–H groups in total. The minimum absolute atomic E-state index is 0.156. The van der Waals surface area contributed by atoms with Crippen LogP contribution in [0.1, 0.15) is 54.1 Å². The van der Waals surface area contributed by atoms with Crippen molar-refractivity contribution in [1.29, 1.82) is 0 Å². The van der Waals surface area contributed by atoms with Crippen LogP contribution in [-0.4, -0.2) is 60.4 Å². The number of hydrogen-bond donors (Lipinski definition) is 0. The highest BCUT2D eigenvalue weighted by Crippen LogP contribution is 2.27. The average molecular weight is 449 g/mol. The number of esters is 2. The number of carbonyl (C=O) groups excluding carboxylic acids is 3. The first-order valence-corrected chi connectivity index (χ1v) is 11.5. The second-order valence-electron chi connectivity index (χ2n) is 9.06. The number of cyclic esters (lactones) is 2. The monoisotopic (exact) mass is 448 g/mol. The van der Waals surface area contributed by atoms with E-state index in [1.807, 2.05) is 43.0 Å². The highest BCUT2D eigenvalue weighted by Gasteiger charge is 2.27. The number of benzene rings is 2.